The minimum Gasteiger partial charge on any atom is -0.443 e. The first kappa shape index (κ1) is 17.2. The van der Waals surface area contributed by atoms with Crippen molar-refractivity contribution in [3.63, 3.8) is 0 Å². The molecule has 0 saturated carbocycles. The number of likely N-dealkylation sites (tertiary alicyclic amines) is 1. The van der Waals surface area contributed by atoms with Gasteiger partial charge in [0.1, 0.15) is 11.4 Å². The zero-order chi connectivity index (χ0) is 17.2. The smallest absolute Gasteiger partial charge is 0.417 e. The van der Waals surface area contributed by atoms with Gasteiger partial charge in [-0.2, -0.15) is 0 Å². The van der Waals surface area contributed by atoms with Crippen LogP contribution in [-0.2, 0) is 20.7 Å². The van der Waals surface area contributed by atoms with E-state index in [1.807, 2.05) is 31.2 Å². The summed E-state index contributed by atoms with van der Waals surface area (Å²) in [5.41, 5.74) is 1.49. The summed E-state index contributed by atoms with van der Waals surface area (Å²) in [5.74, 6) is -0.970. The average molecular weight is 317 g/mol. The highest BCUT2D eigenvalue weighted by Gasteiger charge is 2.37. The number of aryl methyl sites for hydroxylation is 1. The van der Waals surface area contributed by atoms with E-state index in [0.29, 0.717) is 6.42 Å². The van der Waals surface area contributed by atoms with Gasteiger partial charge in [0.05, 0.1) is 6.42 Å². The van der Waals surface area contributed by atoms with Crippen molar-refractivity contribution in [2.75, 3.05) is 6.54 Å². The van der Waals surface area contributed by atoms with E-state index >= 15 is 0 Å². The third kappa shape index (κ3) is 4.65. The topological polar surface area (TPSA) is 63.7 Å². The summed E-state index contributed by atoms with van der Waals surface area (Å²) < 4.78 is 5.25. The molecule has 1 fully saturated rings. The van der Waals surface area contributed by atoms with Crippen molar-refractivity contribution in [1.82, 2.24) is 4.90 Å². The second-order valence-electron chi connectivity index (χ2n) is 7.01. The number of carbonyl (C=O) groups is 3. The van der Waals surface area contributed by atoms with Gasteiger partial charge in [-0.25, -0.2) is 9.69 Å². The molecule has 1 aliphatic rings. The molecule has 0 radical (unpaired) electrons. The van der Waals surface area contributed by atoms with Crippen molar-refractivity contribution >= 4 is 17.8 Å². The molecule has 0 aliphatic carbocycles. The van der Waals surface area contributed by atoms with E-state index in [1.54, 1.807) is 20.8 Å². The van der Waals surface area contributed by atoms with E-state index in [2.05, 4.69) is 0 Å². The molecule has 2 amide bonds. The van der Waals surface area contributed by atoms with Crippen LogP contribution >= 0.6 is 0 Å². The summed E-state index contributed by atoms with van der Waals surface area (Å²) in [6, 6.07) is 7.91. The van der Waals surface area contributed by atoms with Crippen molar-refractivity contribution in [3.05, 3.63) is 35.4 Å². The highest BCUT2D eigenvalue weighted by Crippen LogP contribution is 2.21. The molecule has 124 valence electrons. The van der Waals surface area contributed by atoms with Gasteiger partial charge in [0, 0.05) is 12.5 Å². The fourth-order valence-corrected chi connectivity index (χ4v) is 2.49. The molecular formula is C18H23NO4. The van der Waals surface area contributed by atoms with E-state index in [1.165, 1.54) is 0 Å². The van der Waals surface area contributed by atoms with Crippen molar-refractivity contribution < 1.29 is 19.1 Å². The number of carbonyl (C=O) groups excluding carboxylic acids is 3. The molecule has 1 unspecified atom stereocenters. The third-order valence-electron chi connectivity index (χ3n) is 3.70. The molecule has 5 nitrogen and oxygen atoms in total. The van der Waals surface area contributed by atoms with Crippen LogP contribution in [0.15, 0.2) is 24.3 Å². The lowest BCUT2D eigenvalue weighted by Gasteiger charge is -2.32. The molecule has 1 saturated heterocycles. The van der Waals surface area contributed by atoms with E-state index in [4.69, 9.17) is 4.74 Å². The Bertz CT molecular complexity index is 613. The first-order valence-electron chi connectivity index (χ1n) is 7.77. The maximum Gasteiger partial charge on any atom is 0.417 e. The Morgan fingerprint density at radius 2 is 1.83 bits per heavy atom. The Hall–Kier alpha value is -2.17. The Kier molecular flexibility index (Phi) is 4.88. The van der Waals surface area contributed by atoms with Crippen LogP contribution in [0, 0.1) is 12.8 Å². The van der Waals surface area contributed by atoms with Gasteiger partial charge in [0.25, 0.3) is 0 Å². The standard InChI is InChI=1S/C18H23NO4/c1-12-5-7-13(8-6-12)9-14-11-19(16(21)10-15(14)20)17(22)23-18(2,3)4/h5-8,14H,9-11H2,1-4H3. The van der Waals surface area contributed by atoms with Gasteiger partial charge in [0.15, 0.2) is 0 Å². The van der Waals surface area contributed by atoms with Crippen LogP contribution in [0.3, 0.4) is 0 Å². The third-order valence-corrected chi connectivity index (χ3v) is 3.70. The fourth-order valence-electron chi connectivity index (χ4n) is 2.49. The number of rotatable bonds is 2. The molecule has 2 rings (SSSR count). The van der Waals surface area contributed by atoms with Crippen LogP contribution in [0.25, 0.3) is 0 Å². The Balaban J connectivity index is 2.09. The number of ether oxygens (including phenoxy) is 1. The molecule has 0 aromatic heterocycles. The molecule has 1 aliphatic heterocycles. The lowest BCUT2D eigenvalue weighted by Crippen LogP contribution is -2.50. The van der Waals surface area contributed by atoms with Crippen molar-refractivity contribution in [3.8, 4) is 0 Å². The summed E-state index contributed by atoms with van der Waals surface area (Å²) >= 11 is 0. The molecule has 1 atom stereocenters. The molecule has 0 spiro atoms. The Morgan fingerprint density at radius 1 is 1.22 bits per heavy atom. The van der Waals surface area contributed by atoms with Crippen molar-refractivity contribution in [2.24, 2.45) is 5.92 Å². The summed E-state index contributed by atoms with van der Waals surface area (Å²) in [6.07, 6.45) is -0.398. The van der Waals surface area contributed by atoms with E-state index in [9.17, 15) is 14.4 Å². The van der Waals surface area contributed by atoms with Gasteiger partial charge < -0.3 is 4.74 Å². The molecular weight excluding hydrogens is 294 g/mol. The van der Waals surface area contributed by atoms with Gasteiger partial charge in [-0.05, 0) is 39.7 Å². The van der Waals surface area contributed by atoms with Gasteiger partial charge in [-0.1, -0.05) is 29.8 Å². The number of benzene rings is 1. The lowest BCUT2D eigenvalue weighted by molar-refractivity contribution is -0.141. The number of Topliss-reactive ketones (excluding diaryl/α,β-unsaturated/α-hetero) is 1. The van der Waals surface area contributed by atoms with Crippen molar-refractivity contribution in [2.45, 2.75) is 46.1 Å². The van der Waals surface area contributed by atoms with Crippen molar-refractivity contribution in [1.29, 1.82) is 0 Å². The SMILES string of the molecule is Cc1ccc(CC2CN(C(=O)OC(C)(C)C)C(=O)CC2=O)cc1. The predicted molar refractivity (Wildman–Crippen MR) is 85.9 cm³/mol. The van der Waals surface area contributed by atoms with Crippen LogP contribution in [-0.4, -0.2) is 34.8 Å². The monoisotopic (exact) mass is 317 g/mol. The fraction of sp³-hybridized carbons (Fsp3) is 0.500. The first-order valence-corrected chi connectivity index (χ1v) is 7.77. The zero-order valence-corrected chi connectivity index (χ0v) is 14.1. The number of amides is 2. The number of ketones is 1. The first-order chi connectivity index (χ1) is 10.7. The number of imide groups is 1. The molecule has 5 heteroatoms. The summed E-state index contributed by atoms with van der Waals surface area (Å²) in [5, 5.41) is 0. The summed E-state index contributed by atoms with van der Waals surface area (Å²) in [6.45, 7) is 7.32. The lowest BCUT2D eigenvalue weighted by atomic mass is 9.89. The quantitative estimate of drug-likeness (QED) is 0.787. The van der Waals surface area contributed by atoms with Gasteiger partial charge in [0.2, 0.25) is 5.91 Å². The number of hydrogen-bond donors (Lipinski definition) is 0. The highest BCUT2D eigenvalue weighted by atomic mass is 16.6. The zero-order valence-electron chi connectivity index (χ0n) is 14.1. The molecule has 1 aromatic rings. The van der Waals surface area contributed by atoms with Crippen LogP contribution in [0.1, 0.15) is 38.3 Å². The molecule has 1 aromatic carbocycles. The Labute approximate surface area is 136 Å². The normalized spacial score (nSPS) is 19.0. The molecule has 0 bridgehead atoms. The minimum atomic E-state index is -0.677. The molecule has 1 heterocycles. The second kappa shape index (κ2) is 6.52. The molecule has 0 N–H and O–H groups in total. The van der Waals surface area contributed by atoms with E-state index in [0.717, 1.165) is 16.0 Å². The number of nitrogens with zero attached hydrogens (tertiary/aromatic N) is 1. The maximum atomic E-state index is 12.1. The minimum absolute atomic E-state index is 0.0838. The van der Waals surface area contributed by atoms with Gasteiger partial charge in [-0.15, -0.1) is 0 Å². The van der Waals surface area contributed by atoms with Crippen LogP contribution < -0.4 is 0 Å². The average Bonchev–Trinajstić information content (AvgIpc) is 2.42. The van der Waals surface area contributed by atoms with E-state index in [-0.39, 0.29) is 24.7 Å². The van der Waals surface area contributed by atoms with Gasteiger partial charge in [-0.3, -0.25) is 9.59 Å². The van der Waals surface area contributed by atoms with Crippen LogP contribution in [0.2, 0.25) is 0 Å². The van der Waals surface area contributed by atoms with Crippen LogP contribution in [0.5, 0.6) is 0 Å². The van der Waals surface area contributed by atoms with Crippen LogP contribution in [0.4, 0.5) is 4.79 Å². The Morgan fingerprint density at radius 3 is 2.39 bits per heavy atom. The van der Waals surface area contributed by atoms with Gasteiger partial charge >= 0.3 is 6.09 Å². The largest absolute Gasteiger partial charge is 0.443 e. The summed E-state index contributed by atoms with van der Waals surface area (Å²) in [7, 11) is 0. The summed E-state index contributed by atoms with van der Waals surface area (Å²) in [4.78, 5) is 37.3. The number of hydrogen-bond acceptors (Lipinski definition) is 4. The molecule has 23 heavy (non-hydrogen) atoms. The highest BCUT2D eigenvalue weighted by molar-refractivity contribution is 6.06. The second-order valence-corrected chi connectivity index (χ2v) is 7.01. The van der Waals surface area contributed by atoms with E-state index < -0.39 is 17.6 Å². The number of piperidine rings is 1. The maximum absolute atomic E-state index is 12.1. The predicted octanol–water partition coefficient (Wildman–Crippen LogP) is 2.89.